The molecule has 0 radical (unpaired) electrons. The molecule has 1 heterocycles. The molecule has 3 nitrogen and oxygen atoms in total. The number of hydrogen-bond acceptors (Lipinski definition) is 3. The van der Waals surface area contributed by atoms with E-state index in [1.807, 2.05) is 11.8 Å². The quantitative estimate of drug-likeness (QED) is 0.531. The van der Waals surface area contributed by atoms with Gasteiger partial charge in [-0.2, -0.15) is 0 Å². The van der Waals surface area contributed by atoms with Crippen LogP contribution in [-0.2, 0) is 0 Å². The van der Waals surface area contributed by atoms with Crippen molar-refractivity contribution in [2.75, 3.05) is 0 Å². The maximum absolute atomic E-state index is 8.97. The van der Waals surface area contributed by atoms with Gasteiger partial charge in [0, 0.05) is 0 Å². The average Bonchev–Trinajstić information content (AvgIpc) is 2.30. The van der Waals surface area contributed by atoms with E-state index in [-0.39, 0.29) is 11.5 Å². The third-order valence-electron chi connectivity index (χ3n) is 1.12. The van der Waals surface area contributed by atoms with E-state index in [2.05, 4.69) is 4.42 Å². The molecule has 0 aliphatic heterocycles. The molecule has 0 atom stereocenters. The van der Waals surface area contributed by atoms with Crippen molar-refractivity contribution >= 4 is 0 Å². The summed E-state index contributed by atoms with van der Waals surface area (Å²) in [5.41, 5.74) is 0. The number of terminal acetylenes is 2. The highest BCUT2D eigenvalue weighted by Gasteiger charge is 2.15. The van der Waals surface area contributed by atoms with Crippen LogP contribution in [0.4, 0.5) is 0 Å². The number of hydrogen-bond donors (Lipinski definition) is 2. The molecule has 0 aliphatic carbocycles. The van der Waals surface area contributed by atoms with Gasteiger partial charge in [0.15, 0.2) is 0 Å². The summed E-state index contributed by atoms with van der Waals surface area (Å²) in [5, 5.41) is 17.9. The van der Waals surface area contributed by atoms with Crippen LogP contribution in [0.15, 0.2) is 4.42 Å². The summed E-state index contributed by atoms with van der Waals surface area (Å²) >= 11 is 0. The molecule has 0 fully saturated rings. The van der Waals surface area contributed by atoms with Crippen LogP contribution in [0.3, 0.4) is 0 Å². The van der Waals surface area contributed by atoms with Crippen LogP contribution in [0.25, 0.3) is 0 Å². The molecular formula is C8H4O3. The topological polar surface area (TPSA) is 53.6 Å². The Morgan fingerprint density at radius 3 is 1.55 bits per heavy atom. The van der Waals surface area contributed by atoms with Crippen molar-refractivity contribution in [1.82, 2.24) is 0 Å². The van der Waals surface area contributed by atoms with E-state index in [4.69, 9.17) is 23.1 Å². The summed E-state index contributed by atoms with van der Waals surface area (Å²) in [6.45, 7) is 0. The molecule has 54 valence electrons. The second-order valence-corrected chi connectivity index (χ2v) is 1.75. The largest absolute Gasteiger partial charge is 0.501 e. The van der Waals surface area contributed by atoms with Crippen molar-refractivity contribution in [3.05, 3.63) is 11.5 Å². The summed E-state index contributed by atoms with van der Waals surface area (Å²) in [6, 6.07) is 0. The lowest BCUT2D eigenvalue weighted by Gasteiger charge is -1.82. The maximum Gasteiger partial charge on any atom is 0.224 e. The molecule has 0 saturated heterocycles. The third kappa shape index (κ3) is 0.889. The molecule has 0 amide bonds. The van der Waals surface area contributed by atoms with E-state index in [0.29, 0.717) is 0 Å². The van der Waals surface area contributed by atoms with Gasteiger partial charge in [0.1, 0.15) is 0 Å². The van der Waals surface area contributed by atoms with Gasteiger partial charge in [0.2, 0.25) is 23.0 Å². The molecule has 1 rings (SSSR count). The summed E-state index contributed by atoms with van der Waals surface area (Å²) in [4.78, 5) is 0. The molecule has 1 aromatic rings. The first-order valence-corrected chi connectivity index (χ1v) is 2.68. The Bertz CT molecular complexity index is 325. The molecule has 0 bridgehead atoms. The highest BCUT2D eigenvalue weighted by molar-refractivity contribution is 5.54. The van der Waals surface area contributed by atoms with Crippen LogP contribution in [-0.4, -0.2) is 10.2 Å². The van der Waals surface area contributed by atoms with E-state index in [1.165, 1.54) is 0 Å². The lowest BCUT2D eigenvalue weighted by molar-refractivity contribution is 0.406. The minimum absolute atomic E-state index is 0.157. The Morgan fingerprint density at radius 1 is 1.00 bits per heavy atom. The first-order chi connectivity index (χ1) is 5.20. The predicted octanol–water partition coefficient (Wildman–Crippen LogP) is 0.653. The Hall–Kier alpha value is -2.00. The first-order valence-electron chi connectivity index (χ1n) is 2.68. The molecule has 0 aromatic carbocycles. The molecular weight excluding hydrogens is 144 g/mol. The zero-order valence-electron chi connectivity index (χ0n) is 5.46. The normalized spacial score (nSPS) is 8.55. The Morgan fingerprint density at radius 2 is 1.36 bits per heavy atom. The minimum Gasteiger partial charge on any atom is -0.501 e. The second kappa shape index (κ2) is 2.32. The summed E-state index contributed by atoms with van der Waals surface area (Å²) in [5.74, 6) is 2.75. The third-order valence-corrected chi connectivity index (χ3v) is 1.12. The standard InChI is InChI=1S/C8H4O3/c1-3-5-7(9)8(10)6(4-2)11-5/h1-2,9-10H. The van der Waals surface area contributed by atoms with Gasteiger partial charge in [-0.1, -0.05) is 0 Å². The molecule has 11 heavy (non-hydrogen) atoms. The van der Waals surface area contributed by atoms with Crippen molar-refractivity contribution in [2.24, 2.45) is 0 Å². The van der Waals surface area contributed by atoms with Crippen molar-refractivity contribution in [3.63, 3.8) is 0 Å². The Kier molecular flexibility index (Phi) is 1.50. The smallest absolute Gasteiger partial charge is 0.224 e. The van der Waals surface area contributed by atoms with Gasteiger partial charge in [-0.3, -0.25) is 0 Å². The van der Waals surface area contributed by atoms with E-state index in [1.54, 1.807) is 0 Å². The van der Waals surface area contributed by atoms with E-state index in [0.717, 1.165) is 0 Å². The zero-order valence-corrected chi connectivity index (χ0v) is 5.46. The number of furan rings is 1. The van der Waals surface area contributed by atoms with Crippen molar-refractivity contribution in [3.8, 4) is 36.2 Å². The van der Waals surface area contributed by atoms with Gasteiger partial charge in [-0.15, -0.1) is 12.8 Å². The predicted molar refractivity (Wildman–Crippen MR) is 37.9 cm³/mol. The molecule has 0 aliphatic rings. The Balaban J connectivity index is 3.40. The van der Waals surface area contributed by atoms with Crippen molar-refractivity contribution in [2.45, 2.75) is 0 Å². The van der Waals surface area contributed by atoms with Gasteiger partial charge in [-0.25, -0.2) is 0 Å². The summed E-state index contributed by atoms with van der Waals surface area (Å²) in [7, 11) is 0. The average molecular weight is 148 g/mol. The van der Waals surface area contributed by atoms with Gasteiger partial charge >= 0.3 is 0 Å². The van der Waals surface area contributed by atoms with Gasteiger partial charge in [0.05, 0.1) is 0 Å². The summed E-state index contributed by atoms with van der Waals surface area (Å²) < 4.78 is 4.67. The van der Waals surface area contributed by atoms with Crippen LogP contribution >= 0.6 is 0 Å². The fourth-order valence-corrected chi connectivity index (χ4v) is 0.609. The zero-order chi connectivity index (χ0) is 8.43. The van der Waals surface area contributed by atoms with Gasteiger partial charge in [0.25, 0.3) is 0 Å². The highest BCUT2D eigenvalue weighted by atomic mass is 16.4. The highest BCUT2D eigenvalue weighted by Crippen LogP contribution is 2.34. The van der Waals surface area contributed by atoms with E-state index in [9.17, 15) is 0 Å². The lowest BCUT2D eigenvalue weighted by atomic mass is 10.3. The SMILES string of the molecule is C#Cc1oc(C#C)c(O)c1O. The molecule has 0 spiro atoms. The van der Waals surface area contributed by atoms with Gasteiger partial charge in [-0.05, 0) is 11.8 Å². The number of rotatable bonds is 0. The second-order valence-electron chi connectivity index (χ2n) is 1.75. The van der Waals surface area contributed by atoms with Crippen LogP contribution in [0.2, 0.25) is 0 Å². The lowest BCUT2D eigenvalue weighted by Crippen LogP contribution is -1.63. The molecule has 1 aromatic heterocycles. The number of aromatic hydroxyl groups is 2. The molecule has 0 unspecified atom stereocenters. The monoisotopic (exact) mass is 148 g/mol. The fraction of sp³-hybridized carbons (Fsp3) is 0. The van der Waals surface area contributed by atoms with Crippen LogP contribution in [0, 0.1) is 24.7 Å². The molecule has 0 saturated carbocycles. The van der Waals surface area contributed by atoms with Crippen molar-refractivity contribution < 1.29 is 14.6 Å². The van der Waals surface area contributed by atoms with Crippen molar-refractivity contribution in [1.29, 1.82) is 0 Å². The van der Waals surface area contributed by atoms with Gasteiger partial charge < -0.3 is 14.6 Å². The summed E-state index contributed by atoms with van der Waals surface area (Å²) in [6.07, 6.45) is 9.81. The minimum atomic E-state index is -0.486. The molecule has 2 N–H and O–H groups in total. The Labute approximate surface area is 63.3 Å². The maximum atomic E-state index is 8.97. The molecule has 3 heteroatoms. The first kappa shape index (κ1) is 7.11. The van der Waals surface area contributed by atoms with E-state index >= 15 is 0 Å². The van der Waals surface area contributed by atoms with E-state index < -0.39 is 11.5 Å². The van der Waals surface area contributed by atoms with Crippen LogP contribution in [0.1, 0.15) is 11.5 Å². The fourth-order valence-electron chi connectivity index (χ4n) is 0.609. The van der Waals surface area contributed by atoms with Crippen LogP contribution in [0.5, 0.6) is 11.5 Å². The van der Waals surface area contributed by atoms with Crippen LogP contribution < -0.4 is 0 Å².